The van der Waals surface area contributed by atoms with Crippen LogP contribution < -0.4 is 5.73 Å². The van der Waals surface area contributed by atoms with E-state index >= 15 is 0 Å². The molecule has 1 heterocycles. The molecule has 1 aliphatic carbocycles. The maximum atomic E-state index is 11.0. The first-order valence-corrected chi connectivity index (χ1v) is 4.90. The maximum absolute atomic E-state index is 11.0. The zero-order chi connectivity index (χ0) is 9.31. The summed E-state index contributed by atoms with van der Waals surface area (Å²) in [7, 11) is 0. The first-order valence-electron chi connectivity index (χ1n) is 4.90. The summed E-state index contributed by atoms with van der Waals surface area (Å²) < 4.78 is 5.76. The Morgan fingerprint density at radius 2 is 2.08 bits per heavy atom. The summed E-state index contributed by atoms with van der Waals surface area (Å²) in [6.07, 6.45) is 4.59. The van der Waals surface area contributed by atoms with Gasteiger partial charge in [0.2, 0.25) is 0 Å². The van der Waals surface area contributed by atoms with Crippen molar-refractivity contribution in [2.24, 2.45) is 5.73 Å². The van der Waals surface area contributed by atoms with Crippen LogP contribution in [0.5, 0.6) is 0 Å². The number of nitrogens with two attached hydrogens (primary N) is 1. The summed E-state index contributed by atoms with van der Waals surface area (Å²) in [4.78, 5) is 12.7. The van der Waals surface area contributed by atoms with Gasteiger partial charge >= 0.3 is 6.03 Å². The minimum Gasteiger partial charge on any atom is -0.371 e. The molecule has 4 nitrogen and oxygen atoms in total. The molecule has 2 aliphatic rings. The quantitative estimate of drug-likeness (QED) is 0.602. The van der Waals surface area contributed by atoms with Gasteiger partial charge in [-0.25, -0.2) is 4.79 Å². The fraction of sp³-hybridized carbons (Fsp3) is 0.889. The lowest BCUT2D eigenvalue weighted by atomic mass is 10.00. The van der Waals surface area contributed by atoms with E-state index in [1.54, 1.807) is 4.90 Å². The number of hydrogen-bond donors (Lipinski definition) is 1. The monoisotopic (exact) mass is 184 g/mol. The third-order valence-corrected chi connectivity index (χ3v) is 3.07. The first-order chi connectivity index (χ1) is 6.22. The van der Waals surface area contributed by atoms with E-state index in [-0.39, 0.29) is 11.6 Å². The zero-order valence-electron chi connectivity index (χ0n) is 7.79. The lowest BCUT2D eigenvalue weighted by Crippen LogP contribution is -2.53. The first kappa shape index (κ1) is 8.81. The van der Waals surface area contributed by atoms with Crippen LogP contribution in [-0.2, 0) is 4.74 Å². The minimum absolute atomic E-state index is 0.0483. The molecule has 0 aromatic carbocycles. The number of primary amides is 1. The van der Waals surface area contributed by atoms with E-state index in [1.165, 1.54) is 12.8 Å². The smallest absolute Gasteiger partial charge is 0.314 e. The van der Waals surface area contributed by atoms with E-state index in [2.05, 4.69) is 0 Å². The summed E-state index contributed by atoms with van der Waals surface area (Å²) >= 11 is 0. The van der Waals surface area contributed by atoms with E-state index in [9.17, 15) is 4.79 Å². The van der Waals surface area contributed by atoms with Crippen LogP contribution in [0.1, 0.15) is 25.7 Å². The minimum atomic E-state index is -0.311. The molecule has 1 aliphatic heterocycles. The molecule has 1 saturated heterocycles. The van der Waals surface area contributed by atoms with Crippen molar-refractivity contribution in [1.29, 1.82) is 0 Å². The number of ether oxygens (including phenoxy) is 1. The van der Waals surface area contributed by atoms with Gasteiger partial charge in [0.05, 0.1) is 18.8 Å². The molecule has 0 aromatic heterocycles. The number of hydrogen-bond acceptors (Lipinski definition) is 2. The fourth-order valence-electron chi connectivity index (χ4n) is 2.35. The van der Waals surface area contributed by atoms with Gasteiger partial charge in [0.1, 0.15) is 0 Å². The molecule has 74 valence electrons. The Kier molecular flexibility index (Phi) is 2.15. The molecule has 1 saturated carbocycles. The molecule has 2 N–H and O–H groups in total. The van der Waals surface area contributed by atoms with Crippen molar-refractivity contribution in [3.05, 3.63) is 0 Å². The predicted molar refractivity (Wildman–Crippen MR) is 48.3 cm³/mol. The Morgan fingerprint density at radius 3 is 2.69 bits per heavy atom. The Balaban J connectivity index is 2.02. The van der Waals surface area contributed by atoms with Gasteiger partial charge in [-0.2, -0.15) is 0 Å². The summed E-state index contributed by atoms with van der Waals surface area (Å²) in [5.41, 5.74) is 5.20. The van der Waals surface area contributed by atoms with E-state index in [0.717, 1.165) is 12.8 Å². The van der Waals surface area contributed by atoms with Crippen LogP contribution in [0.3, 0.4) is 0 Å². The van der Waals surface area contributed by atoms with Crippen molar-refractivity contribution >= 4 is 6.03 Å². The molecule has 0 aromatic rings. The molecule has 0 radical (unpaired) electrons. The number of nitrogens with zero attached hydrogens (tertiary/aromatic N) is 1. The Hall–Kier alpha value is -0.770. The van der Waals surface area contributed by atoms with Crippen molar-refractivity contribution in [1.82, 2.24) is 4.90 Å². The highest BCUT2D eigenvalue weighted by Crippen LogP contribution is 2.35. The topological polar surface area (TPSA) is 55.6 Å². The summed E-state index contributed by atoms with van der Waals surface area (Å²) in [5.74, 6) is 0. The standard InChI is InChI=1S/C9H16N2O2/c10-8(12)11-5-6-13-9(7-11)3-1-2-4-9/h1-7H2,(H2,10,12). The normalized spacial score (nSPS) is 26.6. The molecule has 1 spiro atoms. The van der Waals surface area contributed by atoms with Crippen LogP contribution in [0.2, 0.25) is 0 Å². The van der Waals surface area contributed by atoms with Crippen LogP contribution in [0.15, 0.2) is 0 Å². The van der Waals surface area contributed by atoms with Crippen LogP contribution in [0.25, 0.3) is 0 Å². The van der Waals surface area contributed by atoms with Crippen molar-refractivity contribution in [2.45, 2.75) is 31.3 Å². The SMILES string of the molecule is NC(=O)N1CCOC2(CCCC2)C1. The number of rotatable bonds is 0. The zero-order valence-corrected chi connectivity index (χ0v) is 7.79. The average molecular weight is 184 g/mol. The van der Waals surface area contributed by atoms with E-state index in [0.29, 0.717) is 19.7 Å². The van der Waals surface area contributed by atoms with Crippen molar-refractivity contribution < 1.29 is 9.53 Å². The molecule has 2 fully saturated rings. The van der Waals surface area contributed by atoms with Crippen LogP contribution >= 0.6 is 0 Å². The number of carbonyl (C=O) groups excluding carboxylic acids is 1. The van der Waals surface area contributed by atoms with Crippen LogP contribution in [0.4, 0.5) is 4.79 Å². The highest BCUT2D eigenvalue weighted by molar-refractivity contribution is 5.72. The van der Waals surface area contributed by atoms with E-state index in [1.807, 2.05) is 0 Å². The van der Waals surface area contributed by atoms with Crippen LogP contribution in [-0.4, -0.2) is 36.2 Å². The van der Waals surface area contributed by atoms with Gasteiger partial charge in [-0.3, -0.25) is 0 Å². The van der Waals surface area contributed by atoms with Gasteiger partial charge in [0.15, 0.2) is 0 Å². The third kappa shape index (κ3) is 1.63. The van der Waals surface area contributed by atoms with Gasteiger partial charge in [0.25, 0.3) is 0 Å². The largest absolute Gasteiger partial charge is 0.371 e. The maximum Gasteiger partial charge on any atom is 0.314 e. The third-order valence-electron chi connectivity index (χ3n) is 3.07. The van der Waals surface area contributed by atoms with Crippen molar-refractivity contribution in [3.63, 3.8) is 0 Å². The molecular weight excluding hydrogens is 168 g/mol. The number of amides is 2. The second-order valence-corrected chi connectivity index (χ2v) is 4.00. The molecule has 4 heteroatoms. The van der Waals surface area contributed by atoms with Crippen molar-refractivity contribution in [2.75, 3.05) is 19.7 Å². The highest BCUT2D eigenvalue weighted by Gasteiger charge is 2.40. The Labute approximate surface area is 78.0 Å². The molecular formula is C9H16N2O2. The molecule has 2 amide bonds. The summed E-state index contributed by atoms with van der Waals surface area (Å²) in [6, 6.07) is -0.311. The number of carbonyl (C=O) groups is 1. The molecule has 0 unspecified atom stereocenters. The molecule has 2 rings (SSSR count). The Morgan fingerprint density at radius 1 is 1.38 bits per heavy atom. The van der Waals surface area contributed by atoms with Gasteiger partial charge in [-0.15, -0.1) is 0 Å². The van der Waals surface area contributed by atoms with Crippen LogP contribution in [0, 0.1) is 0 Å². The number of urea groups is 1. The van der Waals surface area contributed by atoms with E-state index in [4.69, 9.17) is 10.5 Å². The molecule has 13 heavy (non-hydrogen) atoms. The molecule has 0 bridgehead atoms. The van der Waals surface area contributed by atoms with Gasteiger partial charge in [-0.05, 0) is 12.8 Å². The lowest BCUT2D eigenvalue weighted by Gasteiger charge is -2.39. The Bertz CT molecular complexity index is 212. The van der Waals surface area contributed by atoms with E-state index < -0.39 is 0 Å². The lowest BCUT2D eigenvalue weighted by molar-refractivity contribution is -0.0918. The fourth-order valence-corrected chi connectivity index (χ4v) is 2.35. The number of morpholine rings is 1. The summed E-state index contributed by atoms with van der Waals surface area (Å²) in [6.45, 7) is 1.99. The predicted octanol–water partition coefficient (Wildman–Crippen LogP) is 0.710. The van der Waals surface area contributed by atoms with Gasteiger partial charge < -0.3 is 15.4 Å². The average Bonchev–Trinajstić information content (AvgIpc) is 2.53. The van der Waals surface area contributed by atoms with Gasteiger partial charge in [-0.1, -0.05) is 12.8 Å². The highest BCUT2D eigenvalue weighted by atomic mass is 16.5. The summed E-state index contributed by atoms with van der Waals surface area (Å²) in [5, 5.41) is 0. The molecule has 0 atom stereocenters. The second-order valence-electron chi connectivity index (χ2n) is 4.00. The second kappa shape index (κ2) is 3.18. The van der Waals surface area contributed by atoms with Gasteiger partial charge in [0, 0.05) is 6.54 Å². The van der Waals surface area contributed by atoms with Crippen molar-refractivity contribution in [3.8, 4) is 0 Å².